The van der Waals surface area contributed by atoms with E-state index in [1.54, 1.807) is 16.2 Å². The van der Waals surface area contributed by atoms with Crippen molar-refractivity contribution >= 4 is 33.1 Å². The molecule has 25 heavy (non-hydrogen) atoms. The van der Waals surface area contributed by atoms with E-state index < -0.39 is 4.92 Å². The number of aromatic nitrogens is 2. The van der Waals surface area contributed by atoms with E-state index in [9.17, 15) is 14.9 Å². The predicted molar refractivity (Wildman–Crippen MR) is 94.9 cm³/mol. The minimum atomic E-state index is -0.507. The number of rotatable bonds is 3. The smallest absolute Gasteiger partial charge is 0.287 e. The van der Waals surface area contributed by atoms with Gasteiger partial charge in [0.15, 0.2) is 0 Å². The first-order chi connectivity index (χ1) is 12.1. The number of likely N-dealkylation sites (tertiary alicyclic amines) is 1. The normalized spacial score (nSPS) is 17.8. The molecule has 7 nitrogen and oxygen atoms in total. The van der Waals surface area contributed by atoms with Crippen LogP contribution in [-0.2, 0) is 0 Å². The highest BCUT2D eigenvalue weighted by atomic mass is 32.1. The van der Waals surface area contributed by atoms with Gasteiger partial charge >= 0.3 is 0 Å². The van der Waals surface area contributed by atoms with Crippen molar-refractivity contribution in [2.45, 2.75) is 18.8 Å². The topological polar surface area (TPSA) is 92.1 Å². The summed E-state index contributed by atoms with van der Waals surface area (Å²) in [5, 5.41) is 11.8. The Bertz CT molecular complexity index is 915. The summed E-state index contributed by atoms with van der Waals surface area (Å²) in [5.41, 5.74) is 1.16. The van der Waals surface area contributed by atoms with Crippen LogP contribution in [0.25, 0.3) is 10.2 Å². The minimum Gasteiger partial charge on any atom is -0.351 e. The van der Waals surface area contributed by atoms with Gasteiger partial charge in [0, 0.05) is 25.1 Å². The molecular weight excluding hydrogens is 340 g/mol. The van der Waals surface area contributed by atoms with Crippen LogP contribution in [0.1, 0.15) is 34.3 Å². The average molecular weight is 356 g/mol. The number of aromatic amines is 1. The van der Waals surface area contributed by atoms with Crippen LogP contribution in [0.4, 0.5) is 5.69 Å². The van der Waals surface area contributed by atoms with Gasteiger partial charge in [0.2, 0.25) is 0 Å². The van der Waals surface area contributed by atoms with Crippen molar-refractivity contribution < 1.29 is 9.72 Å². The highest BCUT2D eigenvalue weighted by molar-refractivity contribution is 7.18. The lowest BCUT2D eigenvalue weighted by Gasteiger charge is -2.31. The molecular formula is C17H16N4O3S. The number of amides is 1. The monoisotopic (exact) mass is 356 g/mol. The number of hydrogen-bond acceptors (Lipinski definition) is 5. The van der Waals surface area contributed by atoms with E-state index in [2.05, 4.69) is 11.1 Å². The number of para-hydroxylation sites is 1. The second-order valence-electron chi connectivity index (χ2n) is 6.14. The fraction of sp³-hybridized carbons (Fsp3) is 0.294. The molecule has 2 aromatic heterocycles. The molecule has 8 heteroatoms. The van der Waals surface area contributed by atoms with Crippen molar-refractivity contribution in [1.29, 1.82) is 0 Å². The number of H-pyrrole nitrogens is 1. The fourth-order valence-corrected chi connectivity index (χ4v) is 4.30. The molecule has 1 N–H and O–H groups in total. The van der Waals surface area contributed by atoms with Crippen molar-refractivity contribution in [3.8, 4) is 0 Å². The number of piperidine rings is 1. The Kier molecular flexibility index (Phi) is 3.96. The molecule has 0 spiro atoms. The predicted octanol–water partition coefficient (Wildman–Crippen LogP) is 3.55. The molecule has 128 valence electrons. The van der Waals surface area contributed by atoms with Gasteiger partial charge in [0.25, 0.3) is 11.6 Å². The van der Waals surface area contributed by atoms with E-state index >= 15 is 0 Å². The van der Waals surface area contributed by atoms with Crippen LogP contribution >= 0.6 is 11.3 Å². The molecule has 0 radical (unpaired) electrons. The summed E-state index contributed by atoms with van der Waals surface area (Å²) in [6.07, 6.45) is 3.14. The average Bonchev–Trinajstić information content (AvgIpc) is 3.28. The van der Waals surface area contributed by atoms with Crippen molar-refractivity contribution in [3.63, 3.8) is 0 Å². The third kappa shape index (κ3) is 3.00. The summed E-state index contributed by atoms with van der Waals surface area (Å²) >= 11 is 1.68. The molecule has 3 aromatic rings. The number of hydrogen-bond donors (Lipinski definition) is 1. The summed E-state index contributed by atoms with van der Waals surface area (Å²) in [5.74, 6) is 0.0129. The summed E-state index contributed by atoms with van der Waals surface area (Å²) in [6.45, 7) is 1.25. The van der Waals surface area contributed by atoms with Crippen LogP contribution in [-0.4, -0.2) is 38.8 Å². The molecule has 0 bridgehead atoms. The van der Waals surface area contributed by atoms with Gasteiger partial charge < -0.3 is 9.88 Å². The number of nitrogens with zero attached hydrogens (tertiary/aromatic N) is 3. The Balaban J connectivity index is 1.53. The van der Waals surface area contributed by atoms with Crippen LogP contribution in [0.3, 0.4) is 0 Å². The van der Waals surface area contributed by atoms with Crippen LogP contribution in [0, 0.1) is 10.1 Å². The summed E-state index contributed by atoms with van der Waals surface area (Å²) in [4.78, 5) is 32.1. The van der Waals surface area contributed by atoms with Gasteiger partial charge in [-0.15, -0.1) is 11.3 Å². The molecule has 1 saturated heterocycles. The maximum absolute atomic E-state index is 12.6. The van der Waals surface area contributed by atoms with Gasteiger partial charge in [-0.05, 0) is 25.0 Å². The SMILES string of the molecule is O=C(c1cc([N+](=O)[O-])c[nH]1)N1CCC[C@H](c2nc3ccccc3s2)C1. The molecule has 1 amide bonds. The quantitative estimate of drug-likeness (QED) is 0.574. The van der Waals surface area contributed by atoms with E-state index in [0.29, 0.717) is 13.1 Å². The highest BCUT2D eigenvalue weighted by Gasteiger charge is 2.28. The lowest BCUT2D eigenvalue weighted by atomic mass is 9.98. The zero-order chi connectivity index (χ0) is 17.4. The first-order valence-corrected chi connectivity index (χ1v) is 8.91. The first-order valence-electron chi connectivity index (χ1n) is 8.09. The molecule has 1 aliphatic heterocycles. The van der Waals surface area contributed by atoms with Crippen molar-refractivity contribution in [1.82, 2.24) is 14.9 Å². The van der Waals surface area contributed by atoms with Gasteiger partial charge in [-0.2, -0.15) is 0 Å². The van der Waals surface area contributed by atoms with E-state index in [0.717, 1.165) is 28.1 Å². The number of fused-ring (bicyclic) bond motifs is 1. The highest BCUT2D eigenvalue weighted by Crippen LogP contribution is 2.33. The minimum absolute atomic E-state index is 0.0944. The Morgan fingerprint density at radius 3 is 3.00 bits per heavy atom. The number of nitro groups is 1. The second-order valence-corrected chi connectivity index (χ2v) is 7.20. The molecule has 3 heterocycles. The Labute approximate surface area is 147 Å². The standard InChI is InChI=1S/C17H16N4O3S/c22-17(14-8-12(9-18-14)21(23)24)20-7-3-4-11(10-20)16-19-13-5-1-2-6-15(13)25-16/h1-2,5-6,8-9,11,18H,3-4,7,10H2/t11-/m0/s1. The Morgan fingerprint density at radius 1 is 1.40 bits per heavy atom. The van der Waals surface area contributed by atoms with Crippen molar-refractivity contribution in [3.05, 3.63) is 57.3 Å². The molecule has 4 rings (SSSR count). The van der Waals surface area contributed by atoms with Crippen LogP contribution in [0.15, 0.2) is 36.5 Å². The molecule has 0 unspecified atom stereocenters. The second kappa shape index (κ2) is 6.29. The number of carbonyl (C=O) groups excluding carboxylic acids is 1. The maximum Gasteiger partial charge on any atom is 0.287 e. The van der Waals surface area contributed by atoms with Gasteiger partial charge in [0.1, 0.15) is 5.69 Å². The van der Waals surface area contributed by atoms with E-state index in [4.69, 9.17) is 4.98 Å². The third-order valence-corrected chi connectivity index (χ3v) is 5.68. The fourth-order valence-electron chi connectivity index (χ4n) is 3.21. The lowest BCUT2D eigenvalue weighted by Crippen LogP contribution is -2.39. The van der Waals surface area contributed by atoms with Crippen LogP contribution in [0.2, 0.25) is 0 Å². The van der Waals surface area contributed by atoms with Crippen molar-refractivity contribution in [2.75, 3.05) is 13.1 Å². The van der Waals surface area contributed by atoms with E-state index in [-0.39, 0.29) is 23.2 Å². The number of carbonyl (C=O) groups is 1. The van der Waals surface area contributed by atoms with Crippen molar-refractivity contribution in [2.24, 2.45) is 0 Å². The molecule has 1 atom stereocenters. The lowest BCUT2D eigenvalue weighted by molar-refractivity contribution is -0.384. The molecule has 1 aromatic carbocycles. The zero-order valence-corrected chi connectivity index (χ0v) is 14.2. The summed E-state index contributed by atoms with van der Waals surface area (Å²) in [7, 11) is 0. The van der Waals surface area contributed by atoms with E-state index in [1.165, 1.54) is 12.3 Å². The molecule has 1 aliphatic rings. The van der Waals surface area contributed by atoms with Gasteiger partial charge in [-0.3, -0.25) is 14.9 Å². The van der Waals surface area contributed by atoms with E-state index in [1.807, 2.05) is 18.2 Å². The Morgan fingerprint density at radius 2 is 2.24 bits per heavy atom. The molecule has 0 aliphatic carbocycles. The number of benzene rings is 1. The van der Waals surface area contributed by atoms with Gasteiger partial charge in [0.05, 0.1) is 26.3 Å². The maximum atomic E-state index is 12.6. The van der Waals surface area contributed by atoms with Crippen LogP contribution in [0.5, 0.6) is 0 Å². The first kappa shape index (κ1) is 15.8. The Hall–Kier alpha value is -2.74. The zero-order valence-electron chi connectivity index (χ0n) is 13.3. The summed E-state index contributed by atoms with van der Waals surface area (Å²) in [6, 6.07) is 9.32. The third-order valence-electron chi connectivity index (χ3n) is 4.48. The van der Waals surface area contributed by atoms with Crippen LogP contribution < -0.4 is 0 Å². The molecule has 0 saturated carbocycles. The number of thiazole rings is 1. The molecule has 1 fully saturated rings. The summed E-state index contributed by atoms with van der Waals surface area (Å²) < 4.78 is 1.15. The van der Waals surface area contributed by atoms with Gasteiger partial charge in [-0.1, -0.05) is 12.1 Å². The number of nitrogens with one attached hydrogen (secondary N) is 1. The van der Waals surface area contributed by atoms with Gasteiger partial charge in [-0.25, -0.2) is 4.98 Å². The largest absolute Gasteiger partial charge is 0.351 e.